The van der Waals surface area contributed by atoms with Gasteiger partial charge in [0.2, 0.25) is 0 Å². The molecule has 2 heterocycles. The zero-order valence-electron chi connectivity index (χ0n) is 11.2. The molecule has 1 unspecified atom stereocenters. The molecule has 5 nitrogen and oxygen atoms in total. The van der Waals surface area contributed by atoms with Crippen molar-refractivity contribution in [1.82, 2.24) is 20.1 Å². The van der Waals surface area contributed by atoms with E-state index in [1.165, 1.54) is 6.42 Å². The Kier molecular flexibility index (Phi) is 3.35. The van der Waals surface area contributed by atoms with Crippen molar-refractivity contribution in [2.24, 2.45) is 0 Å². The molecule has 1 aromatic rings. The van der Waals surface area contributed by atoms with Crippen LogP contribution < -0.4 is 5.32 Å². The molecule has 1 fully saturated rings. The van der Waals surface area contributed by atoms with Gasteiger partial charge in [-0.3, -0.25) is 0 Å². The highest BCUT2D eigenvalue weighted by atomic mass is 16.5. The third-order valence-corrected chi connectivity index (χ3v) is 4.01. The number of hydrogen-bond acceptors (Lipinski definition) is 4. The molecule has 1 N–H and O–H groups in total. The van der Waals surface area contributed by atoms with E-state index in [1.54, 1.807) is 0 Å². The predicted octanol–water partition coefficient (Wildman–Crippen LogP) is 1.44. The predicted molar refractivity (Wildman–Crippen MR) is 68.3 cm³/mol. The van der Waals surface area contributed by atoms with E-state index in [-0.39, 0.29) is 6.04 Å². The van der Waals surface area contributed by atoms with Gasteiger partial charge in [0.15, 0.2) is 0 Å². The molecule has 1 saturated carbocycles. The Morgan fingerprint density at radius 1 is 1.44 bits per heavy atom. The van der Waals surface area contributed by atoms with Crippen LogP contribution in [0.15, 0.2) is 0 Å². The molecule has 18 heavy (non-hydrogen) atoms. The third-order valence-electron chi connectivity index (χ3n) is 4.01. The van der Waals surface area contributed by atoms with Crippen LogP contribution in [0.25, 0.3) is 0 Å². The van der Waals surface area contributed by atoms with Crippen molar-refractivity contribution in [2.45, 2.75) is 64.3 Å². The second-order valence-electron chi connectivity index (χ2n) is 5.36. The van der Waals surface area contributed by atoms with Crippen molar-refractivity contribution >= 4 is 0 Å². The molecular weight excluding hydrogens is 228 g/mol. The summed E-state index contributed by atoms with van der Waals surface area (Å²) in [6, 6.07) is 0.864. The lowest BCUT2D eigenvalue weighted by molar-refractivity contribution is -0.0123. The molecule has 0 bridgehead atoms. The van der Waals surface area contributed by atoms with Gasteiger partial charge in [-0.1, -0.05) is 0 Å². The molecule has 0 amide bonds. The number of rotatable bonds is 5. The average molecular weight is 250 g/mol. The standard InChI is InChI=1S/C13H22N4O/c1-3-18-11-7-10(8-11)14-9(2)13-16-15-12-5-4-6-17(12)13/h9-11,14H,3-8H2,1-2H3. The average Bonchev–Trinajstić information content (AvgIpc) is 2.87. The maximum Gasteiger partial charge on any atom is 0.149 e. The molecule has 0 radical (unpaired) electrons. The first-order valence-electron chi connectivity index (χ1n) is 7.07. The second-order valence-corrected chi connectivity index (χ2v) is 5.36. The number of aryl methyl sites for hydroxylation is 1. The highest BCUT2D eigenvalue weighted by Crippen LogP contribution is 2.26. The van der Waals surface area contributed by atoms with Gasteiger partial charge in [-0.2, -0.15) is 0 Å². The van der Waals surface area contributed by atoms with Crippen LogP contribution in [0.3, 0.4) is 0 Å². The van der Waals surface area contributed by atoms with Crippen LogP contribution in [-0.2, 0) is 17.7 Å². The molecule has 0 saturated heterocycles. The molecule has 5 heteroatoms. The minimum Gasteiger partial charge on any atom is -0.378 e. The lowest BCUT2D eigenvalue weighted by Gasteiger charge is -2.37. The zero-order chi connectivity index (χ0) is 12.5. The van der Waals surface area contributed by atoms with Gasteiger partial charge in [0.25, 0.3) is 0 Å². The highest BCUT2D eigenvalue weighted by Gasteiger charge is 2.31. The molecule has 1 aliphatic carbocycles. The van der Waals surface area contributed by atoms with Gasteiger partial charge in [0, 0.05) is 25.6 Å². The summed E-state index contributed by atoms with van der Waals surface area (Å²) in [5, 5.41) is 12.2. The zero-order valence-corrected chi connectivity index (χ0v) is 11.2. The highest BCUT2D eigenvalue weighted by molar-refractivity contribution is 5.05. The SMILES string of the molecule is CCOC1CC(NC(C)c2nnc3n2CCC3)C1. The molecule has 0 aromatic carbocycles. The second kappa shape index (κ2) is 4.97. The van der Waals surface area contributed by atoms with E-state index < -0.39 is 0 Å². The molecule has 1 aliphatic heterocycles. The number of nitrogens with one attached hydrogen (secondary N) is 1. The minimum absolute atomic E-state index is 0.289. The first-order valence-corrected chi connectivity index (χ1v) is 7.07. The Hall–Kier alpha value is -0.940. The van der Waals surface area contributed by atoms with Crippen LogP contribution in [-0.4, -0.2) is 33.5 Å². The fourth-order valence-electron chi connectivity index (χ4n) is 2.99. The van der Waals surface area contributed by atoms with E-state index in [0.29, 0.717) is 12.1 Å². The Labute approximate surface area is 108 Å². The quantitative estimate of drug-likeness (QED) is 0.859. The van der Waals surface area contributed by atoms with Crippen LogP contribution in [0.1, 0.15) is 50.8 Å². The Bertz CT molecular complexity index is 411. The Morgan fingerprint density at radius 2 is 2.28 bits per heavy atom. The van der Waals surface area contributed by atoms with Crippen LogP contribution in [0.5, 0.6) is 0 Å². The molecule has 100 valence electrons. The van der Waals surface area contributed by atoms with Crippen molar-refractivity contribution in [3.63, 3.8) is 0 Å². The first-order chi connectivity index (χ1) is 8.78. The fourth-order valence-corrected chi connectivity index (χ4v) is 2.99. The molecule has 1 aromatic heterocycles. The van der Waals surface area contributed by atoms with Gasteiger partial charge in [0.1, 0.15) is 11.6 Å². The lowest BCUT2D eigenvalue weighted by atomic mass is 9.88. The maximum atomic E-state index is 5.58. The van der Waals surface area contributed by atoms with Gasteiger partial charge in [-0.15, -0.1) is 10.2 Å². The third kappa shape index (κ3) is 2.17. The van der Waals surface area contributed by atoms with E-state index in [2.05, 4.69) is 33.9 Å². The summed E-state index contributed by atoms with van der Waals surface area (Å²) in [6.45, 7) is 6.15. The van der Waals surface area contributed by atoms with E-state index in [1.807, 2.05) is 0 Å². The van der Waals surface area contributed by atoms with E-state index in [0.717, 1.165) is 44.1 Å². The molecule has 3 rings (SSSR count). The van der Waals surface area contributed by atoms with Crippen LogP contribution in [0.4, 0.5) is 0 Å². The van der Waals surface area contributed by atoms with Crippen molar-refractivity contribution in [3.8, 4) is 0 Å². The summed E-state index contributed by atoms with van der Waals surface area (Å²) in [5.41, 5.74) is 0. The number of hydrogen-bond donors (Lipinski definition) is 1. The smallest absolute Gasteiger partial charge is 0.149 e. The van der Waals surface area contributed by atoms with Crippen LogP contribution in [0.2, 0.25) is 0 Å². The number of fused-ring (bicyclic) bond motifs is 1. The van der Waals surface area contributed by atoms with Crippen molar-refractivity contribution in [3.05, 3.63) is 11.6 Å². The van der Waals surface area contributed by atoms with Crippen LogP contribution in [0, 0.1) is 0 Å². The van der Waals surface area contributed by atoms with Gasteiger partial charge in [0.05, 0.1) is 12.1 Å². The van der Waals surface area contributed by atoms with Gasteiger partial charge >= 0.3 is 0 Å². The molecular formula is C13H22N4O. The minimum atomic E-state index is 0.289. The summed E-state index contributed by atoms with van der Waals surface area (Å²) in [5.74, 6) is 2.25. The summed E-state index contributed by atoms with van der Waals surface area (Å²) in [6.07, 6.45) is 5.00. The largest absolute Gasteiger partial charge is 0.378 e. The van der Waals surface area contributed by atoms with Crippen molar-refractivity contribution < 1.29 is 4.74 Å². The monoisotopic (exact) mass is 250 g/mol. The maximum absolute atomic E-state index is 5.58. The normalized spacial score (nSPS) is 27.9. The summed E-state index contributed by atoms with van der Waals surface area (Å²) in [4.78, 5) is 0. The molecule has 1 atom stereocenters. The van der Waals surface area contributed by atoms with E-state index >= 15 is 0 Å². The summed E-state index contributed by atoms with van der Waals surface area (Å²) < 4.78 is 7.86. The van der Waals surface area contributed by atoms with Gasteiger partial charge in [-0.05, 0) is 33.1 Å². The van der Waals surface area contributed by atoms with Crippen molar-refractivity contribution in [2.75, 3.05) is 6.61 Å². The fraction of sp³-hybridized carbons (Fsp3) is 0.846. The Morgan fingerprint density at radius 3 is 3.06 bits per heavy atom. The van der Waals surface area contributed by atoms with Crippen molar-refractivity contribution in [1.29, 1.82) is 0 Å². The van der Waals surface area contributed by atoms with Gasteiger partial charge in [-0.25, -0.2) is 0 Å². The molecule has 2 aliphatic rings. The number of ether oxygens (including phenoxy) is 1. The van der Waals surface area contributed by atoms with E-state index in [9.17, 15) is 0 Å². The number of aromatic nitrogens is 3. The Balaban J connectivity index is 1.54. The molecule has 0 spiro atoms. The van der Waals surface area contributed by atoms with E-state index in [4.69, 9.17) is 4.74 Å². The topological polar surface area (TPSA) is 52.0 Å². The number of nitrogens with zero attached hydrogens (tertiary/aromatic N) is 3. The summed E-state index contributed by atoms with van der Waals surface area (Å²) >= 11 is 0. The van der Waals surface area contributed by atoms with Crippen LogP contribution >= 0.6 is 0 Å². The first kappa shape index (κ1) is 12.1. The van der Waals surface area contributed by atoms with Gasteiger partial charge < -0.3 is 14.6 Å². The summed E-state index contributed by atoms with van der Waals surface area (Å²) in [7, 11) is 0. The lowest BCUT2D eigenvalue weighted by Crippen LogP contribution is -2.46.